The minimum Gasteiger partial charge on any atom is -0.494 e. The molecular formula is C24H31N5O4. The van der Waals surface area contributed by atoms with Gasteiger partial charge in [0, 0.05) is 38.7 Å². The van der Waals surface area contributed by atoms with Gasteiger partial charge in [-0.3, -0.25) is 19.1 Å². The van der Waals surface area contributed by atoms with E-state index in [1.165, 1.54) is 9.58 Å². The molecular weight excluding hydrogens is 422 g/mol. The maximum absolute atomic E-state index is 12.8. The standard InChI is InChI=1S/C24H31N5O4/c1-4-20(30)29-19(15-10-12-16(13-11-15)27(2)3)14-18(26-29)21-22(31)25-24(33)28(23(21)32)17-8-6-5-7-9-17/h10-13,17,19,32H,4-9,14H2,1-3H3,(H,25,31,33)/t19-/m1/s1. The Morgan fingerprint density at radius 3 is 2.42 bits per heavy atom. The van der Waals surface area contributed by atoms with Gasteiger partial charge in [0.15, 0.2) is 0 Å². The highest BCUT2D eigenvalue weighted by atomic mass is 16.3. The smallest absolute Gasteiger partial charge is 0.331 e. The quantitative estimate of drug-likeness (QED) is 0.723. The van der Waals surface area contributed by atoms with Crippen molar-refractivity contribution in [2.75, 3.05) is 19.0 Å². The van der Waals surface area contributed by atoms with Crippen LogP contribution in [0.2, 0.25) is 0 Å². The molecule has 1 aromatic heterocycles. The molecule has 2 heterocycles. The zero-order chi connectivity index (χ0) is 23.7. The molecule has 1 aliphatic carbocycles. The normalized spacial score (nSPS) is 18.9. The first-order valence-corrected chi connectivity index (χ1v) is 11.6. The van der Waals surface area contributed by atoms with Gasteiger partial charge in [0.2, 0.25) is 11.8 Å². The third kappa shape index (κ3) is 4.31. The number of aromatic amines is 1. The molecule has 1 fully saturated rings. The van der Waals surface area contributed by atoms with Gasteiger partial charge in [0.25, 0.3) is 5.56 Å². The molecule has 2 aromatic rings. The zero-order valence-corrected chi connectivity index (χ0v) is 19.4. The van der Waals surface area contributed by atoms with E-state index in [1.54, 1.807) is 6.92 Å². The number of amides is 1. The Hall–Kier alpha value is -3.36. The number of hydrazone groups is 1. The highest BCUT2D eigenvalue weighted by molar-refractivity contribution is 6.04. The van der Waals surface area contributed by atoms with Gasteiger partial charge in [-0.25, -0.2) is 9.80 Å². The Morgan fingerprint density at radius 2 is 1.82 bits per heavy atom. The highest BCUT2D eigenvalue weighted by Crippen LogP contribution is 2.36. The van der Waals surface area contributed by atoms with Crippen LogP contribution in [0.25, 0.3) is 0 Å². The van der Waals surface area contributed by atoms with Gasteiger partial charge in [0.05, 0.1) is 11.8 Å². The number of hydrogen-bond donors (Lipinski definition) is 2. The zero-order valence-electron chi connectivity index (χ0n) is 19.4. The van der Waals surface area contributed by atoms with E-state index in [-0.39, 0.29) is 36.2 Å². The lowest BCUT2D eigenvalue weighted by atomic mass is 9.95. The maximum atomic E-state index is 12.8. The van der Waals surface area contributed by atoms with Crippen LogP contribution in [0.1, 0.15) is 75.1 Å². The van der Waals surface area contributed by atoms with E-state index in [0.717, 1.165) is 43.4 Å². The van der Waals surface area contributed by atoms with Crippen LogP contribution in [0, 0.1) is 0 Å². The van der Waals surface area contributed by atoms with Crippen LogP contribution in [-0.2, 0) is 4.79 Å². The number of anilines is 1. The van der Waals surface area contributed by atoms with E-state index in [9.17, 15) is 19.5 Å². The van der Waals surface area contributed by atoms with E-state index in [2.05, 4.69) is 10.1 Å². The number of aromatic hydroxyl groups is 1. The second-order valence-corrected chi connectivity index (χ2v) is 8.96. The Bertz CT molecular complexity index is 1170. The lowest BCUT2D eigenvalue weighted by Crippen LogP contribution is -2.36. The second kappa shape index (κ2) is 9.25. The number of hydrogen-bond acceptors (Lipinski definition) is 6. The maximum Gasteiger partial charge on any atom is 0.331 e. The number of nitrogens with zero attached hydrogens (tertiary/aromatic N) is 4. The SMILES string of the molecule is CCC(=O)N1N=C(c2c(O)n(C3CCCCC3)c(=O)[nH]c2=O)C[C@@H]1c1ccc(N(C)C)cc1. The number of aromatic nitrogens is 2. The summed E-state index contributed by atoms with van der Waals surface area (Å²) in [4.78, 5) is 42.4. The van der Waals surface area contributed by atoms with Gasteiger partial charge < -0.3 is 10.0 Å². The van der Waals surface area contributed by atoms with Crippen LogP contribution in [0.5, 0.6) is 5.88 Å². The molecule has 2 N–H and O–H groups in total. The Kier molecular flexibility index (Phi) is 6.40. The van der Waals surface area contributed by atoms with Gasteiger partial charge in [-0.05, 0) is 30.5 Å². The van der Waals surface area contributed by atoms with Crippen molar-refractivity contribution in [3.05, 3.63) is 56.2 Å². The number of H-pyrrole nitrogens is 1. The molecule has 0 spiro atoms. The van der Waals surface area contributed by atoms with E-state index in [1.807, 2.05) is 43.3 Å². The van der Waals surface area contributed by atoms with Crippen molar-refractivity contribution in [3.63, 3.8) is 0 Å². The molecule has 1 saturated carbocycles. The van der Waals surface area contributed by atoms with Crippen molar-refractivity contribution >= 4 is 17.3 Å². The molecule has 9 nitrogen and oxygen atoms in total. The number of rotatable bonds is 5. The molecule has 1 amide bonds. The van der Waals surface area contributed by atoms with Gasteiger partial charge in [-0.1, -0.05) is 38.3 Å². The van der Waals surface area contributed by atoms with Gasteiger partial charge in [0.1, 0.15) is 5.56 Å². The van der Waals surface area contributed by atoms with Crippen molar-refractivity contribution in [2.24, 2.45) is 5.10 Å². The molecule has 2 aliphatic rings. The molecule has 1 aliphatic heterocycles. The van der Waals surface area contributed by atoms with Gasteiger partial charge >= 0.3 is 5.69 Å². The Morgan fingerprint density at radius 1 is 1.15 bits per heavy atom. The first-order chi connectivity index (χ1) is 15.8. The molecule has 1 atom stereocenters. The third-order valence-electron chi connectivity index (χ3n) is 6.61. The molecule has 1 aromatic carbocycles. The minimum atomic E-state index is -0.684. The number of nitrogens with one attached hydrogen (secondary N) is 1. The number of carbonyl (C=O) groups is 1. The third-order valence-corrected chi connectivity index (χ3v) is 6.61. The molecule has 176 valence electrons. The summed E-state index contributed by atoms with van der Waals surface area (Å²) in [6, 6.07) is 7.28. The molecule has 0 unspecified atom stereocenters. The van der Waals surface area contributed by atoms with Crippen molar-refractivity contribution in [1.82, 2.24) is 14.6 Å². The highest BCUT2D eigenvalue weighted by Gasteiger charge is 2.35. The van der Waals surface area contributed by atoms with Gasteiger partial charge in [-0.15, -0.1) is 0 Å². The van der Waals surface area contributed by atoms with Crippen molar-refractivity contribution in [2.45, 2.75) is 64.0 Å². The predicted octanol–water partition coefficient (Wildman–Crippen LogP) is 2.90. The fourth-order valence-electron chi connectivity index (χ4n) is 4.78. The summed E-state index contributed by atoms with van der Waals surface area (Å²) in [7, 11) is 3.91. The minimum absolute atomic E-state index is 0.0264. The summed E-state index contributed by atoms with van der Waals surface area (Å²) in [6.45, 7) is 1.76. The van der Waals surface area contributed by atoms with Crippen LogP contribution in [-0.4, -0.2) is 45.4 Å². The molecule has 0 radical (unpaired) electrons. The molecule has 0 bridgehead atoms. The summed E-state index contributed by atoms with van der Waals surface area (Å²) in [6.07, 6.45) is 5.10. The monoisotopic (exact) mass is 453 g/mol. The van der Waals surface area contributed by atoms with E-state index < -0.39 is 17.3 Å². The molecule has 4 rings (SSSR count). The Balaban J connectivity index is 1.75. The van der Waals surface area contributed by atoms with Crippen LogP contribution < -0.4 is 16.1 Å². The largest absolute Gasteiger partial charge is 0.494 e. The predicted molar refractivity (Wildman–Crippen MR) is 127 cm³/mol. The van der Waals surface area contributed by atoms with Crippen molar-refractivity contribution in [3.8, 4) is 5.88 Å². The fraction of sp³-hybridized carbons (Fsp3) is 0.500. The fourth-order valence-corrected chi connectivity index (χ4v) is 4.78. The first kappa shape index (κ1) is 22.8. The number of benzene rings is 1. The average Bonchev–Trinajstić information content (AvgIpc) is 3.24. The van der Waals surface area contributed by atoms with E-state index >= 15 is 0 Å². The first-order valence-electron chi connectivity index (χ1n) is 11.6. The van der Waals surface area contributed by atoms with Crippen molar-refractivity contribution < 1.29 is 9.90 Å². The molecule has 0 saturated heterocycles. The van der Waals surface area contributed by atoms with Crippen LogP contribution in [0.3, 0.4) is 0 Å². The lowest BCUT2D eigenvalue weighted by molar-refractivity contribution is -0.132. The number of carbonyl (C=O) groups excluding carboxylic acids is 1. The second-order valence-electron chi connectivity index (χ2n) is 8.96. The summed E-state index contributed by atoms with van der Waals surface area (Å²) in [5.41, 5.74) is 0.903. The van der Waals surface area contributed by atoms with E-state index in [4.69, 9.17) is 0 Å². The lowest BCUT2D eigenvalue weighted by Gasteiger charge is -2.25. The molecule has 33 heavy (non-hydrogen) atoms. The summed E-state index contributed by atoms with van der Waals surface area (Å²) < 4.78 is 1.30. The summed E-state index contributed by atoms with van der Waals surface area (Å²) in [5.74, 6) is -0.537. The van der Waals surface area contributed by atoms with Crippen LogP contribution >= 0.6 is 0 Å². The Labute approximate surface area is 192 Å². The topological polar surface area (TPSA) is 111 Å². The van der Waals surface area contributed by atoms with Crippen LogP contribution in [0.15, 0.2) is 39.0 Å². The average molecular weight is 454 g/mol. The summed E-state index contributed by atoms with van der Waals surface area (Å²) >= 11 is 0. The van der Waals surface area contributed by atoms with E-state index in [0.29, 0.717) is 5.71 Å². The van der Waals surface area contributed by atoms with Crippen LogP contribution in [0.4, 0.5) is 5.69 Å². The molecule has 9 heteroatoms. The van der Waals surface area contributed by atoms with Gasteiger partial charge in [-0.2, -0.15) is 5.10 Å². The van der Waals surface area contributed by atoms with Crippen molar-refractivity contribution in [1.29, 1.82) is 0 Å². The summed E-state index contributed by atoms with van der Waals surface area (Å²) in [5, 5.41) is 16.9.